The van der Waals surface area contributed by atoms with Gasteiger partial charge in [-0.15, -0.1) is 0 Å². The van der Waals surface area contributed by atoms with Crippen LogP contribution in [0.5, 0.6) is 0 Å². The lowest BCUT2D eigenvalue weighted by Crippen LogP contribution is -2.61. The largest absolute Gasteiger partial charge is 0.337 e. The average Bonchev–Trinajstić information content (AvgIpc) is 2.53. The maximum absolute atomic E-state index is 12.3. The van der Waals surface area contributed by atoms with Gasteiger partial charge >= 0.3 is 6.03 Å². The van der Waals surface area contributed by atoms with E-state index in [2.05, 4.69) is 34.9 Å². The molecule has 24 heavy (non-hydrogen) atoms. The molecule has 130 valence electrons. The van der Waals surface area contributed by atoms with Crippen LogP contribution in [0.1, 0.15) is 44.1 Å². The Hall–Kier alpha value is -1.16. The first kappa shape index (κ1) is 16.3. The fourth-order valence-corrected chi connectivity index (χ4v) is 6.37. The number of hydrogen-bond donors (Lipinski definition) is 2. The van der Waals surface area contributed by atoms with Crippen LogP contribution in [-0.2, 0) is 5.75 Å². The van der Waals surface area contributed by atoms with E-state index >= 15 is 0 Å². The lowest BCUT2D eigenvalue weighted by molar-refractivity contribution is -0.0134. The normalized spacial score (nSPS) is 33.4. The van der Waals surface area contributed by atoms with Gasteiger partial charge in [0.15, 0.2) is 0 Å². The summed E-state index contributed by atoms with van der Waals surface area (Å²) in [6.45, 7) is 0.746. The maximum atomic E-state index is 12.3. The fraction of sp³-hybridized carbons (Fsp3) is 0.650. The van der Waals surface area contributed by atoms with Crippen molar-refractivity contribution < 1.29 is 4.79 Å². The first-order chi connectivity index (χ1) is 11.7. The quantitative estimate of drug-likeness (QED) is 0.760. The SMILES string of the molecule is O=C(NCCSCc1ccccc1)NC12CC3CC(CC(C3)C1)C2. The molecule has 2 N–H and O–H groups in total. The lowest BCUT2D eigenvalue weighted by Gasteiger charge is -2.56. The first-order valence-corrected chi connectivity index (χ1v) is 10.5. The monoisotopic (exact) mass is 344 g/mol. The van der Waals surface area contributed by atoms with Crippen molar-refractivity contribution in [3.05, 3.63) is 35.9 Å². The second kappa shape index (κ2) is 6.99. The Morgan fingerprint density at radius 3 is 2.29 bits per heavy atom. The van der Waals surface area contributed by atoms with Crippen LogP contribution in [0, 0.1) is 17.8 Å². The molecule has 0 atom stereocenters. The summed E-state index contributed by atoms with van der Waals surface area (Å²) in [6.07, 6.45) is 7.90. The van der Waals surface area contributed by atoms with Crippen LogP contribution >= 0.6 is 11.8 Å². The minimum Gasteiger partial charge on any atom is -0.337 e. The number of benzene rings is 1. The molecular weight excluding hydrogens is 316 g/mol. The third-order valence-electron chi connectivity index (χ3n) is 6.06. The Labute approximate surface area is 149 Å². The Kier molecular flexibility index (Phi) is 4.75. The highest BCUT2D eigenvalue weighted by Crippen LogP contribution is 2.55. The second-order valence-corrected chi connectivity index (χ2v) is 9.22. The molecule has 4 bridgehead atoms. The summed E-state index contributed by atoms with van der Waals surface area (Å²) in [5, 5.41) is 6.45. The van der Waals surface area contributed by atoms with Crippen LogP contribution in [0.2, 0.25) is 0 Å². The molecule has 5 rings (SSSR count). The molecule has 0 aromatic heterocycles. The molecule has 0 unspecified atom stereocenters. The summed E-state index contributed by atoms with van der Waals surface area (Å²) in [7, 11) is 0. The van der Waals surface area contributed by atoms with E-state index in [1.54, 1.807) is 0 Å². The minimum absolute atomic E-state index is 0.0530. The van der Waals surface area contributed by atoms with Gasteiger partial charge in [-0.25, -0.2) is 4.79 Å². The molecule has 0 heterocycles. The molecule has 0 spiro atoms. The number of urea groups is 1. The van der Waals surface area contributed by atoms with Crippen LogP contribution in [0.15, 0.2) is 30.3 Å². The summed E-state index contributed by atoms with van der Waals surface area (Å²) in [5.41, 5.74) is 1.47. The molecule has 1 aromatic carbocycles. The van der Waals surface area contributed by atoms with Crippen LogP contribution in [0.25, 0.3) is 0 Å². The smallest absolute Gasteiger partial charge is 0.315 e. The molecule has 3 nitrogen and oxygen atoms in total. The van der Waals surface area contributed by atoms with Crippen LogP contribution in [-0.4, -0.2) is 23.9 Å². The number of thioether (sulfide) groups is 1. The maximum Gasteiger partial charge on any atom is 0.315 e. The van der Waals surface area contributed by atoms with E-state index in [-0.39, 0.29) is 11.6 Å². The van der Waals surface area contributed by atoms with Gasteiger partial charge in [-0.2, -0.15) is 11.8 Å². The van der Waals surface area contributed by atoms with Crippen molar-refractivity contribution >= 4 is 17.8 Å². The van der Waals surface area contributed by atoms with Gasteiger partial charge in [-0.3, -0.25) is 0 Å². The van der Waals surface area contributed by atoms with E-state index in [9.17, 15) is 4.79 Å². The summed E-state index contributed by atoms with van der Waals surface area (Å²) in [5.74, 6) is 4.59. The summed E-state index contributed by atoms with van der Waals surface area (Å²) in [6, 6.07) is 10.6. The number of carbonyl (C=O) groups excluding carboxylic acids is 1. The number of nitrogens with one attached hydrogen (secondary N) is 2. The number of hydrogen-bond acceptors (Lipinski definition) is 2. The Morgan fingerprint density at radius 1 is 1.04 bits per heavy atom. The topological polar surface area (TPSA) is 41.1 Å². The van der Waals surface area contributed by atoms with E-state index in [1.807, 2.05) is 17.8 Å². The van der Waals surface area contributed by atoms with Crippen LogP contribution < -0.4 is 10.6 Å². The predicted molar refractivity (Wildman–Crippen MR) is 100 cm³/mol. The Bertz CT molecular complexity index is 539. The third-order valence-corrected chi connectivity index (χ3v) is 7.09. The second-order valence-electron chi connectivity index (χ2n) is 8.12. The molecule has 4 aliphatic rings. The zero-order valence-electron chi connectivity index (χ0n) is 14.3. The van der Waals surface area contributed by atoms with Crippen molar-refractivity contribution in [1.29, 1.82) is 0 Å². The van der Waals surface area contributed by atoms with Crippen molar-refractivity contribution in [2.24, 2.45) is 17.8 Å². The molecule has 4 fully saturated rings. The third kappa shape index (κ3) is 3.74. The molecule has 4 aliphatic carbocycles. The number of carbonyl (C=O) groups is 1. The van der Waals surface area contributed by atoms with Gasteiger partial charge in [-0.05, 0) is 61.8 Å². The zero-order chi connectivity index (χ0) is 16.4. The van der Waals surface area contributed by atoms with Crippen molar-refractivity contribution in [1.82, 2.24) is 10.6 Å². The molecule has 4 saturated carbocycles. The van der Waals surface area contributed by atoms with Gasteiger partial charge in [0.1, 0.15) is 0 Å². The molecule has 0 radical (unpaired) electrons. The van der Waals surface area contributed by atoms with E-state index in [0.29, 0.717) is 0 Å². The highest BCUT2D eigenvalue weighted by molar-refractivity contribution is 7.98. The van der Waals surface area contributed by atoms with Gasteiger partial charge in [0, 0.05) is 23.6 Å². The highest BCUT2D eigenvalue weighted by Gasteiger charge is 2.51. The van der Waals surface area contributed by atoms with Crippen LogP contribution in [0.4, 0.5) is 4.79 Å². The van der Waals surface area contributed by atoms with E-state index in [4.69, 9.17) is 0 Å². The molecular formula is C20H28N2OS. The molecule has 0 aliphatic heterocycles. The van der Waals surface area contributed by atoms with Gasteiger partial charge in [0.2, 0.25) is 0 Å². The Balaban J connectivity index is 1.18. The molecule has 0 saturated heterocycles. The van der Waals surface area contributed by atoms with Crippen molar-refractivity contribution in [3.63, 3.8) is 0 Å². The van der Waals surface area contributed by atoms with Gasteiger partial charge < -0.3 is 10.6 Å². The lowest BCUT2D eigenvalue weighted by atomic mass is 9.53. The van der Waals surface area contributed by atoms with Crippen molar-refractivity contribution in [2.75, 3.05) is 12.3 Å². The predicted octanol–water partition coefficient (Wildman–Crippen LogP) is 4.19. The highest BCUT2D eigenvalue weighted by atomic mass is 32.2. The van der Waals surface area contributed by atoms with Gasteiger partial charge in [0.25, 0.3) is 0 Å². The number of rotatable bonds is 6. The Morgan fingerprint density at radius 2 is 1.67 bits per heavy atom. The molecule has 4 heteroatoms. The molecule has 2 amide bonds. The summed E-state index contributed by atoms with van der Waals surface area (Å²) < 4.78 is 0. The zero-order valence-corrected chi connectivity index (χ0v) is 15.1. The van der Waals surface area contributed by atoms with E-state index < -0.39 is 0 Å². The standard InChI is InChI=1S/C20H28N2OS/c23-19(21-6-7-24-14-15-4-2-1-3-5-15)22-20-11-16-8-17(12-20)10-18(9-16)13-20/h1-5,16-18H,6-14H2,(H2,21,22,23). The summed E-state index contributed by atoms with van der Waals surface area (Å²) in [4.78, 5) is 12.3. The minimum atomic E-state index is 0.0530. The van der Waals surface area contributed by atoms with Gasteiger partial charge in [0.05, 0.1) is 0 Å². The van der Waals surface area contributed by atoms with Crippen molar-refractivity contribution in [2.45, 2.75) is 49.8 Å². The number of amides is 2. The van der Waals surface area contributed by atoms with Gasteiger partial charge in [-0.1, -0.05) is 30.3 Å². The van der Waals surface area contributed by atoms with E-state index in [1.165, 1.54) is 44.1 Å². The fourth-order valence-electron chi connectivity index (χ4n) is 5.55. The first-order valence-electron chi connectivity index (χ1n) is 9.38. The summed E-state index contributed by atoms with van der Waals surface area (Å²) >= 11 is 1.88. The molecule has 1 aromatic rings. The van der Waals surface area contributed by atoms with Crippen molar-refractivity contribution in [3.8, 4) is 0 Å². The van der Waals surface area contributed by atoms with Crippen LogP contribution in [0.3, 0.4) is 0 Å². The average molecular weight is 345 g/mol. The van der Waals surface area contributed by atoms with E-state index in [0.717, 1.165) is 35.8 Å².